The van der Waals surface area contributed by atoms with Gasteiger partial charge in [-0.25, -0.2) is 0 Å². The van der Waals surface area contributed by atoms with Gasteiger partial charge in [0, 0.05) is 12.6 Å². The minimum atomic E-state index is -0.117. The lowest BCUT2D eigenvalue weighted by molar-refractivity contribution is 0.254. The molecular formula is C12H14ClN3O2. The summed E-state index contributed by atoms with van der Waals surface area (Å²) in [4.78, 5) is 0. The highest BCUT2D eigenvalue weighted by Crippen LogP contribution is 2.29. The minimum Gasteiger partial charge on any atom is -0.484 e. The van der Waals surface area contributed by atoms with Crippen molar-refractivity contribution in [3.63, 3.8) is 0 Å². The molecule has 0 aliphatic rings. The first kappa shape index (κ1) is 12.9. The van der Waals surface area contributed by atoms with Crippen LogP contribution in [0.2, 0.25) is 5.02 Å². The van der Waals surface area contributed by atoms with Crippen LogP contribution >= 0.6 is 11.6 Å². The number of nitrogens with zero attached hydrogens (tertiary/aromatic N) is 3. The van der Waals surface area contributed by atoms with E-state index in [1.54, 1.807) is 18.2 Å². The van der Waals surface area contributed by atoms with Gasteiger partial charge in [0.1, 0.15) is 18.2 Å². The lowest BCUT2D eigenvalue weighted by Crippen LogP contribution is -2.06. The van der Waals surface area contributed by atoms with Gasteiger partial charge in [-0.1, -0.05) is 23.7 Å². The standard InChI is InChI=1S/C12H14ClN3O2/c1-8-14-15-11(16(8)2)7-18-12-9(6-17)4-3-5-10(12)13/h3-5,17H,6-7H2,1-2H3. The summed E-state index contributed by atoms with van der Waals surface area (Å²) in [6, 6.07) is 5.26. The first-order chi connectivity index (χ1) is 8.63. The molecule has 0 unspecified atom stereocenters. The molecule has 1 aromatic heterocycles. The van der Waals surface area contributed by atoms with E-state index in [1.807, 2.05) is 18.5 Å². The van der Waals surface area contributed by atoms with Crippen LogP contribution in [0, 0.1) is 6.92 Å². The van der Waals surface area contributed by atoms with E-state index in [0.29, 0.717) is 22.2 Å². The van der Waals surface area contributed by atoms with Crippen molar-refractivity contribution in [3.8, 4) is 5.75 Å². The number of aliphatic hydroxyl groups excluding tert-OH is 1. The van der Waals surface area contributed by atoms with Gasteiger partial charge < -0.3 is 14.4 Å². The minimum absolute atomic E-state index is 0.117. The molecule has 2 rings (SSSR count). The smallest absolute Gasteiger partial charge is 0.170 e. The Labute approximate surface area is 110 Å². The van der Waals surface area contributed by atoms with E-state index >= 15 is 0 Å². The summed E-state index contributed by atoms with van der Waals surface area (Å²) in [5.74, 6) is 2.01. The number of aromatic nitrogens is 3. The number of halogens is 1. The van der Waals surface area contributed by atoms with Crippen LogP contribution < -0.4 is 4.74 Å². The van der Waals surface area contributed by atoms with Crippen molar-refractivity contribution < 1.29 is 9.84 Å². The van der Waals surface area contributed by atoms with Gasteiger partial charge in [0.25, 0.3) is 0 Å². The second kappa shape index (κ2) is 5.37. The zero-order chi connectivity index (χ0) is 13.1. The molecule has 0 aliphatic carbocycles. The van der Waals surface area contributed by atoms with Gasteiger partial charge in [0.05, 0.1) is 11.6 Å². The molecule has 5 nitrogen and oxygen atoms in total. The Kier molecular flexibility index (Phi) is 3.84. The summed E-state index contributed by atoms with van der Waals surface area (Å²) >= 11 is 6.04. The summed E-state index contributed by atoms with van der Waals surface area (Å²) in [6.07, 6.45) is 0. The average molecular weight is 268 g/mol. The Balaban J connectivity index is 2.18. The molecule has 0 fully saturated rings. The normalized spacial score (nSPS) is 10.7. The molecule has 1 N–H and O–H groups in total. The fourth-order valence-corrected chi connectivity index (χ4v) is 1.80. The monoisotopic (exact) mass is 267 g/mol. The molecule has 1 heterocycles. The lowest BCUT2D eigenvalue weighted by Gasteiger charge is -2.11. The maximum absolute atomic E-state index is 9.23. The molecule has 0 saturated heterocycles. The van der Waals surface area contributed by atoms with Gasteiger partial charge in [-0.05, 0) is 13.0 Å². The number of hydrogen-bond acceptors (Lipinski definition) is 4. The summed E-state index contributed by atoms with van der Waals surface area (Å²) in [6.45, 7) is 2.01. The number of rotatable bonds is 4. The topological polar surface area (TPSA) is 60.2 Å². The maximum Gasteiger partial charge on any atom is 0.170 e. The van der Waals surface area contributed by atoms with Gasteiger partial charge in [-0.2, -0.15) is 0 Å². The van der Waals surface area contributed by atoms with Gasteiger partial charge in [0.2, 0.25) is 0 Å². The van der Waals surface area contributed by atoms with Crippen molar-refractivity contribution >= 4 is 11.6 Å². The molecular weight excluding hydrogens is 254 g/mol. The third-order valence-corrected chi connectivity index (χ3v) is 3.04. The Morgan fingerprint density at radius 1 is 1.39 bits per heavy atom. The zero-order valence-electron chi connectivity index (χ0n) is 10.2. The van der Waals surface area contributed by atoms with Crippen molar-refractivity contribution in [2.45, 2.75) is 20.1 Å². The lowest BCUT2D eigenvalue weighted by atomic mass is 10.2. The largest absolute Gasteiger partial charge is 0.484 e. The van der Waals surface area contributed by atoms with Crippen molar-refractivity contribution in [3.05, 3.63) is 40.4 Å². The second-order valence-corrected chi connectivity index (χ2v) is 4.30. The summed E-state index contributed by atoms with van der Waals surface area (Å²) < 4.78 is 7.47. The van der Waals surface area contributed by atoms with Crippen LogP contribution in [-0.2, 0) is 20.3 Å². The molecule has 96 valence electrons. The van der Waals surface area contributed by atoms with Gasteiger partial charge in [0.15, 0.2) is 5.82 Å². The maximum atomic E-state index is 9.23. The highest BCUT2D eigenvalue weighted by atomic mass is 35.5. The molecule has 0 amide bonds. The predicted molar refractivity (Wildman–Crippen MR) is 67.4 cm³/mol. The molecule has 0 spiro atoms. The van der Waals surface area contributed by atoms with E-state index in [1.165, 1.54) is 0 Å². The molecule has 0 atom stereocenters. The number of ether oxygens (including phenoxy) is 1. The van der Waals surface area contributed by atoms with Crippen LogP contribution in [0.15, 0.2) is 18.2 Å². The third-order valence-electron chi connectivity index (χ3n) is 2.75. The molecule has 1 aromatic carbocycles. The molecule has 0 radical (unpaired) electrons. The van der Waals surface area contributed by atoms with Crippen LogP contribution in [0.3, 0.4) is 0 Å². The van der Waals surface area contributed by atoms with Gasteiger partial charge in [-0.15, -0.1) is 10.2 Å². The van der Waals surface area contributed by atoms with Crippen molar-refractivity contribution in [1.29, 1.82) is 0 Å². The van der Waals surface area contributed by atoms with Crippen LogP contribution in [0.25, 0.3) is 0 Å². The van der Waals surface area contributed by atoms with Gasteiger partial charge in [-0.3, -0.25) is 0 Å². The molecule has 0 aliphatic heterocycles. The van der Waals surface area contributed by atoms with Gasteiger partial charge >= 0.3 is 0 Å². The fraction of sp³-hybridized carbons (Fsp3) is 0.333. The van der Waals surface area contributed by atoms with E-state index in [4.69, 9.17) is 16.3 Å². The van der Waals surface area contributed by atoms with Crippen molar-refractivity contribution in [1.82, 2.24) is 14.8 Å². The predicted octanol–water partition coefficient (Wildman–Crippen LogP) is 1.85. The Morgan fingerprint density at radius 3 is 2.78 bits per heavy atom. The van der Waals surface area contributed by atoms with Crippen molar-refractivity contribution in [2.24, 2.45) is 7.05 Å². The SMILES string of the molecule is Cc1nnc(COc2c(Cl)cccc2CO)n1C. The van der Waals surface area contributed by atoms with E-state index in [9.17, 15) is 5.11 Å². The molecule has 0 bridgehead atoms. The first-order valence-corrected chi connectivity index (χ1v) is 5.87. The number of aliphatic hydroxyl groups is 1. The van der Waals surface area contributed by atoms with E-state index in [2.05, 4.69) is 10.2 Å². The van der Waals surface area contributed by atoms with E-state index in [0.717, 1.165) is 5.82 Å². The molecule has 0 saturated carbocycles. The quantitative estimate of drug-likeness (QED) is 0.918. The third kappa shape index (κ3) is 2.47. The second-order valence-electron chi connectivity index (χ2n) is 3.90. The average Bonchev–Trinajstić information content (AvgIpc) is 2.68. The van der Waals surface area contributed by atoms with Crippen LogP contribution in [-0.4, -0.2) is 19.9 Å². The van der Waals surface area contributed by atoms with Crippen LogP contribution in [0.1, 0.15) is 17.2 Å². The summed E-state index contributed by atoms with van der Waals surface area (Å²) in [7, 11) is 1.87. The van der Waals surface area contributed by atoms with E-state index in [-0.39, 0.29) is 13.2 Å². The summed E-state index contributed by atoms with van der Waals surface area (Å²) in [5, 5.41) is 17.6. The van der Waals surface area contributed by atoms with Crippen molar-refractivity contribution in [2.75, 3.05) is 0 Å². The highest BCUT2D eigenvalue weighted by Gasteiger charge is 2.10. The summed E-state index contributed by atoms with van der Waals surface area (Å²) in [5.41, 5.74) is 0.654. The fourth-order valence-electron chi connectivity index (χ4n) is 1.55. The first-order valence-electron chi connectivity index (χ1n) is 5.49. The molecule has 18 heavy (non-hydrogen) atoms. The number of benzene rings is 1. The Morgan fingerprint density at radius 2 is 2.17 bits per heavy atom. The number of para-hydroxylation sites is 1. The number of hydrogen-bond donors (Lipinski definition) is 1. The Bertz CT molecular complexity index is 554. The van der Waals surface area contributed by atoms with E-state index < -0.39 is 0 Å². The van der Waals surface area contributed by atoms with Crippen LogP contribution in [0.4, 0.5) is 0 Å². The molecule has 2 aromatic rings. The highest BCUT2D eigenvalue weighted by molar-refractivity contribution is 6.32. The number of aryl methyl sites for hydroxylation is 1. The Hall–Kier alpha value is -1.59. The molecule has 6 heteroatoms. The van der Waals surface area contributed by atoms with Crippen LogP contribution in [0.5, 0.6) is 5.75 Å². The zero-order valence-corrected chi connectivity index (χ0v) is 11.0.